The third kappa shape index (κ3) is 9.38. The second-order valence-electron chi connectivity index (χ2n) is 4.62. The molecule has 12 heteroatoms. The summed E-state index contributed by atoms with van der Waals surface area (Å²) in [6.07, 6.45) is -2.84. The molecule has 0 saturated carbocycles. The molecule has 12 nitrogen and oxygen atoms in total. The van der Waals surface area contributed by atoms with Crippen LogP contribution in [0.2, 0.25) is 0 Å². The maximum atomic E-state index is 11.9. The average Bonchev–Trinajstić information content (AvgIpc) is 2.51. The Hall–Kier alpha value is -2.66. The van der Waals surface area contributed by atoms with Gasteiger partial charge < -0.3 is 19.2 Å². The van der Waals surface area contributed by atoms with E-state index in [0.29, 0.717) is 13.0 Å². The Kier molecular flexibility index (Phi) is 10.5. The molecule has 138 valence electrons. The highest BCUT2D eigenvalue weighted by Crippen LogP contribution is 2.10. The van der Waals surface area contributed by atoms with Gasteiger partial charge in [0.15, 0.2) is 5.34 Å². The van der Waals surface area contributed by atoms with Gasteiger partial charge in [-0.05, 0) is 26.2 Å². The van der Waals surface area contributed by atoms with E-state index in [0.717, 1.165) is 0 Å². The van der Waals surface area contributed by atoms with E-state index in [4.69, 9.17) is 9.47 Å². The van der Waals surface area contributed by atoms with E-state index in [1.165, 1.54) is 18.9 Å². The second kappa shape index (κ2) is 11.8. The number of carbonyl (C=O) groups excluding carboxylic acids is 2. The van der Waals surface area contributed by atoms with E-state index in [2.05, 4.69) is 15.0 Å². The summed E-state index contributed by atoms with van der Waals surface area (Å²) in [5.74, 6) is -1.04. The fraction of sp³-hybridized carbons (Fsp3) is 0.833. The minimum absolute atomic E-state index is 0.0150. The van der Waals surface area contributed by atoms with Gasteiger partial charge in [-0.3, -0.25) is 4.84 Å². The number of unbranched alkanes of at least 4 members (excludes halogenated alkanes) is 1. The number of hydrogen-bond donors (Lipinski definition) is 0. The lowest BCUT2D eigenvalue weighted by molar-refractivity contribution is -0.765. The van der Waals surface area contributed by atoms with Crippen LogP contribution < -0.4 is 0 Å². The zero-order valence-electron chi connectivity index (χ0n) is 13.7. The number of carbonyl (C=O) groups is 2. The fourth-order valence-corrected chi connectivity index (χ4v) is 1.48. The Balaban J connectivity index is 4.44. The van der Waals surface area contributed by atoms with Crippen LogP contribution in [0.1, 0.15) is 33.1 Å². The Morgan fingerprint density at radius 1 is 1.29 bits per heavy atom. The molecule has 1 amide bonds. The normalized spacial score (nSPS) is 12.5. The van der Waals surface area contributed by atoms with Crippen molar-refractivity contribution in [3.63, 3.8) is 0 Å². The van der Waals surface area contributed by atoms with Crippen molar-refractivity contribution >= 4 is 12.1 Å². The highest BCUT2D eigenvalue weighted by Gasteiger charge is 2.27. The molecule has 2 atom stereocenters. The van der Waals surface area contributed by atoms with Gasteiger partial charge in [0.1, 0.15) is 6.61 Å². The van der Waals surface area contributed by atoms with Crippen LogP contribution in [0.25, 0.3) is 0 Å². The van der Waals surface area contributed by atoms with Crippen molar-refractivity contribution in [2.24, 2.45) is 5.34 Å². The monoisotopic (exact) mass is 351 g/mol. The van der Waals surface area contributed by atoms with Gasteiger partial charge in [0.05, 0.1) is 0 Å². The summed E-state index contributed by atoms with van der Waals surface area (Å²) < 4.78 is 9.66. The van der Waals surface area contributed by atoms with E-state index in [9.17, 15) is 24.6 Å². The van der Waals surface area contributed by atoms with Crippen LogP contribution >= 0.6 is 0 Å². The minimum atomic E-state index is -1.48. The zero-order valence-corrected chi connectivity index (χ0v) is 13.7. The molecular formula is C12H21N3O9. The minimum Gasteiger partial charge on any atom is -0.424 e. The smallest absolute Gasteiger partial charge is 0.412 e. The van der Waals surface area contributed by atoms with Crippen molar-refractivity contribution in [1.82, 2.24) is 4.90 Å². The van der Waals surface area contributed by atoms with Crippen molar-refractivity contribution in [3.8, 4) is 0 Å². The third-order valence-corrected chi connectivity index (χ3v) is 2.82. The topological polar surface area (TPSA) is 147 Å². The Morgan fingerprint density at radius 3 is 2.50 bits per heavy atom. The molecule has 24 heavy (non-hydrogen) atoms. The fourth-order valence-electron chi connectivity index (χ4n) is 1.48. The molecule has 0 N–H and O–H groups in total. The van der Waals surface area contributed by atoms with Crippen molar-refractivity contribution in [3.05, 3.63) is 15.0 Å². The van der Waals surface area contributed by atoms with Gasteiger partial charge in [-0.15, -0.1) is 15.0 Å². The average molecular weight is 351 g/mol. The summed E-state index contributed by atoms with van der Waals surface area (Å²) in [6, 6.07) is 0. The first-order valence-corrected chi connectivity index (χ1v) is 7.19. The van der Waals surface area contributed by atoms with Crippen LogP contribution in [-0.2, 0) is 23.9 Å². The predicted octanol–water partition coefficient (Wildman–Crippen LogP) is 1.41. The quantitative estimate of drug-likeness (QED) is 0.127. The van der Waals surface area contributed by atoms with E-state index in [1.54, 1.807) is 6.92 Å². The summed E-state index contributed by atoms with van der Waals surface area (Å²) in [6.45, 7) is 3.43. The molecule has 0 aromatic carbocycles. The number of esters is 1. The van der Waals surface area contributed by atoms with Crippen LogP contribution in [0.4, 0.5) is 4.79 Å². The molecule has 0 aliphatic heterocycles. The largest absolute Gasteiger partial charge is 0.424 e. The maximum Gasteiger partial charge on any atom is 0.412 e. The SMILES string of the molecule is CCN(C)C(=O)OC(C)OC(=O)C(CCCCON=O)O[N+](=O)[O-]. The molecule has 2 unspecified atom stereocenters. The molecule has 0 fully saturated rings. The van der Waals surface area contributed by atoms with E-state index in [1.807, 2.05) is 0 Å². The summed E-state index contributed by atoms with van der Waals surface area (Å²) in [5, 5.41) is 11.5. The molecule has 0 aliphatic rings. The van der Waals surface area contributed by atoms with Crippen LogP contribution in [0.15, 0.2) is 5.34 Å². The van der Waals surface area contributed by atoms with E-state index >= 15 is 0 Å². The van der Waals surface area contributed by atoms with E-state index in [-0.39, 0.29) is 19.4 Å². The number of hydrogen-bond acceptors (Lipinski definition) is 10. The number of amides is 1. The molecule has 0 bridgehead atoms. The first-order chi connectivity index (χ1) is 11.3. The lowest BCUT2D eigenvalue weighted by atomic mass is 10.1. The van der Waals surface area contributed by atoms with Gasteiger partial charge >= 0.3 is 12.1 Å². The van der Waals surface area contributed by atoms with Crippen molar-refractivity contribution in [2.75, 3.05) is 20.2 Å². The molecule has 0 rings (SSSR count). The predicted molar refractivity (Wildman–Crippen MR) is 77.8 cm³/mol. The number of rotatable bonds is 12. The maximum absolute atomic E-state index is 11.9. The first kappa shape index (κ1) is 21.3. The number of nitrogens with zero attached hydrogens (tertiary/aromatic N) is 3. The van der Waals surface area contributed by atoms with Crippen molar-refractivity contribution in [2.45, 2.75) is 45.5 Å². The molecule has 0 saturated heterocycles. The van der Waals surface area contributed by atoms with Crippen molar-refractivity contribution in [1.29, 1.82) is 0 Å². The number of ether oxygens (including phenoxy) is 2. The van der Waals surface area contributed by atoms with Gasteiger partial charge in [0, 0.05) is 20.5 Å². The Bertz CT molecular complexity index is 432. The summed E-state index contributed by atoms with van der Waals surface area (Å²) in [4.78, 5) is 53.3. The molecular weight excluding hydrogens is 330 g/mol. The van der Waals surface area contributed by atoms with Crippen LogP contribution in [0.3, 0.4) is 0 Å². The summed E-state index contributed by atoms with van der Waals surface area (Å²) in [5.41, 5.74) is 0. The van der Waals surface area contributed by atoms with Gasteiger partial charge in [-0.2, -0.15) is 0 Å². The molecule has 0 spiro atoms. The van der Waals surface area contributed by atoms with Crippen molar-refractivity contribution < 1.29 is 33.8 Å². The summed E-state index contributed by atoms with van der Waals surface area (Å²) in [7, 11) is 1.49. The molecule has 0 aromatic heterocycles. The highest BCUT2D eigenvalue weighted by atomic mass is 17.0. The molecule has 0 radical (unpaired) electrons. The first-order valence-electron chi connectivity index (χ1n) is 7.19. The summed E-state index contributed by atoms with van der Waals surface area (Å²) >= 11 is 0. The lowest BCUT2D eigenvalue weighted by Crippen LogP contribution is -2.35. The third-order valence-electron chi connectivity index (χ3n) is 2.82. The Morgan fingerprint density at radius 2 is 1.96 bits per heavy atom. The van der Waals surface area contributed by atoms with Crippen LogP contribution in [-0.4, -0.2) is 54.6 Å². The van der Waals surface area contributed by atoms with Crippen LogP contribution in [0, 0.1) is 15.0 Å². The van der Waals surface area contributed by atoms with Gasteiger partial charge in [-0.25, -0.2) is 9.59 Å². The molecule has 0 aliphatic carbocycles. The second-order valence-corrected chi connectivity index (χ2v) is 4.62. The standard InChI is InChI=1S/C12H21N3O9/c1-4-14(3)12(17)23-9(2)22-11(16)10(24-15(19)20)7-5-6-8-21-13-18/h9-10H,4-8H2,1-3H3. The molecule has 0 aromatic rings. The highest BCUT2D eigenvalue weighted by molar-refractivity contribution is 5.75. The zero-order chi connectivity index (χ0) is 18.5. The Labute approximate surface area is 138 Å². The van der Waals surface area contributed by atoms with Crippen LogP contribution in [0.5, 0.6) is 0 Å². The lowest BCUT2D eigenvalue weighted by Gasteiger charge is -2.21. The van der Waals surface area contributed by atoms with Gasteiger partial charge in [0.25, 0.3) is 5.09 Å². The molecule has 0 heterocycles. The van der Waals surface area contributed by atoms with Gasteiger partial charge in [-0.1, -0.05) is 0 Å². The van der Waals surface area contributed by atoms with Gasteiger partial charge in [0.2, 0.25) is 12.4 Å². The van der Waals surface area contributed by atoms with E-state index < -0.39 is 29.5 Å².